The number of fused-ring (bicyclic) bond motifs is 1. The number of nitrogens with zero attached hydrogens (tertiary/aromatic N) is 2. The SMILES string of the molecule is C=NC(=NCC1=CC=CCC1)c1cccc2ccccc12. The van der Waals surface area contributed by atoms with Crippen molar-refractivity contribution in [1.29, 1.82) is 0 Å². The van der Waals surface area contributed by atoms with E-state index < -0.39 is 0 Å². The van der Waals surface area contributed by atoms with E-state index in [2.05, 4.69) is 59.2 Å². The van der Waals surface area contributed by atoms with Crippen LogP contribution in [0.2, 0.25) is 0 Å². The van der Waals surface area contributed by atoms with E-state index in [1.807, 2.05) is 18.2 Å². The molecular weight excluding hydrogens is 256 g/mol. The lowest BCUT2D eigenvalue weighted by atomic mass is 10.0. The number of aliphatic imine (C=N–C) groups is 2. The van der Waals surface area contributed by atoms with Crippen molar-refractivity contribution >= 4 is 23.3 Å². The summed E-state index contributed by atoms with van der Waals surface area (Å²) in [6.45, 7) is 4.39. The molecule has 0 atom stereocenters. The van der Waals surface area contributed by atoms with Crippen LogP contribution in [0.5, 0.6) is 0 Å². The lowest BCUT2D eigenvalue weighted by Crippen LogP contribution is -2.01. The van der Waals surface area contributed by atoms with Gasteiger partial charge in [0.25, 0.3) is 0 Å². The molecule has 1 aliphatic carbocycles. The largest absolute Gasteiger partial charge is 0.262 e. The smallest absolute Gasteiger partial charge is 0.154 e. The molecule has 0 aromatic heterocycles. The Bertz CT molecular complexity index is 746. The van der Waals surface area contributed by atoms with Gasteiger partial charge in [0.15, 0.2) is 5.84 Å². The minimum atomic E-state index is 0.696. The number of benzene rings is 2. The standard InChI is InChI=1S/C19H18N2/c1-20-19(21-14-15-8-3-2-4-9-15)18-13-7-11-16-10-5-6-12-17(16)18/h2-3,5-8,10-13H,1,4,9,14H2. The van der Waals surface area contributed by atoms with Crippen molar-refractivity contribution in [3.05, 3.63) is 71.8 Å². The van der Waals surface area contributed by atoms with Crippen LogP contribution in [0.15, 0.2) is 76.3 Å². The first-order valence-corrected chi connectivity index (χ1v) is 7.22. The van der Waals surface area contributed by atoms with E-state index in [0.717, 1.165) is 24.2 Å². The Kier molecular flexibility index (Phi) is 4.06. The van der Waals surface area contributed by atoms with Gasteiger partial charge in [-0.25, -0.2) is 4.99 Å². The van der Waals surface area contributed by atoms with Gasteiger partial charge in [-0.15, -0.1) is 0 Å². The van der Waals surface area contributed by atoms with Gasteiger partial charge in [-0.1, -0.05) is 60.7 Å². The minimum Gasteiger partial charge on any atom is -0.262 e. The van der Waals surface area contributed by atoms with Crippen LogP contribution in [0.4, 0.5) is 0 Å². The van der Waals surface area contributed by atoms with E-state index in [1.54, 1.807) is 0 Å². The Hall–Kier alpha value is -2.48. The zero-order valence-electron chi connectivity index (χ0n) is 12.0. The molecular formula is C19H18N2. The summed E-state index contributed by atoms with van der Waals surface area (Å²) in [5.41, 5.74) is 2.40. The highest BCUT2D eigenvalue weighted by molar-refractivity contribution is 6.11. The van der Waals surface area contributed by atoms with E-state index in [-0.39, 0.29) is 0 Å². The normalized spacial score (nSPS) is 15.0. The molecule has 0 bridgehead atoms. The van der Waals surface area contributed by atoms with Gasteiger partial charge in [0.1, 0.15) is 0 Å². The highest BCUT2D eigenvalue weighted by Crippen LogP contribution is 2.20. The van der Waals surface area contributed by atoms with Crippen LogP contribution in [-0.4, -0.2) is 19.1 Å². The topological polar surface area (TPSA) is 24.7 Å². The number of hydrogen-bond acceptors (Lipinski definition) is 1. The predicted molar refractivity (Wildman–Crippen MR) is 91.4 cm³/mol. The molecule has 0 N–H and O–H groups in total. The van der Waals surface area contributed by atoms with Crippen molar-refractivity contribution < 1.29 is 0 Å². The van der Waals surface area contributed by atoms with Gasteiger partial charge in [-0.3, -0.25) is 4.99 Å². The zero-order valence-corrected chi connectivity index (χ0v) is 12.0. The van der Waals surface area contributed by atoms with Gasteiger partial charge in [0.05, 0.1) is 6.54 Å². The van der Waals surface area contributed by atoms with Crippen molar-refractivity contribution in [2.75, 3.05) is 6.54 Å². The summed E-state index contributed by atoms with van der Waals surface area (Å²) < 4.78 is 0. The summed E-state index contributed by atoms with van der Waals surface area (Å²) in [5, 5.41) is 2.37. The number of hydrogen-bond donors (Lipinski definition) is 0. The van der Waals surface area contributed by atoms with Gasteiger partial charge < -0.3 is 0 Å². The molecule has 2 aromatic carbocycles. The molecule has 0 amide bonds. The Morgan fingerprint density at radius 1 is 1.10 bits per heavy atom. The van der Waals surface area contributed by atoms with E-state index in [4.69, 9.17) is 0 Å². The van der Waals surface area contributed by atoms with Crippen LogP contribution in [0, 0.1) is 0 Å². The summed E-state index contributed by atoms with van der Waals surface area (Å²) in [4.78, 5) is 8.82. The first kappa shape index (κ1) is 13.5. The molecule has 0 heterocycles. The summed E-state index contributed by atoms with van der Waals surface area (Å²) in [6, 6.07) is 14.5. The molecule has 0 fully saturated rings. The fourth-order valence-corrected chi connectivity index (χ4v) is 2.60. The monoisotopic (exact) mass is 274 g/mol. The molecule has 0 saturated carbocycles. The van der Waals surface area contributed by atoms with E-state index in [9.17, 15) is 0 Å². The molecule has 0 aliphatic heterocycles. The van der Waals surface area contributed by atoms with Crippen molar-refractivity contribution in [3.8, 4) is 0 Å². The first-order chi connectivity index (χ1) is 10.4. The molecule has 104 valence electrons. The Balaban J connectivity index is 1.96. The average molecular weight is 274 g/mol. The Labute approximate surface area is 125 Å². The molecule has 21 heavy (non-hydrogen) atoms. The molecule has 2 aromatic rings. The third kappa shape index (κ3) is 3.00. The van der Waals surface area contributed by atoms with Gasteiger partial charge in [0, 0.05) is 5.56 Å². The van der Waals surface area contributed by atoms with Crippen LogP contribution in [0.25, 0.3) is 10.8 Å². The number of allylic oxidation sites excluding steroid dienone is 3. The number of rotatable bonds is 3. The predicted octanol–water partition coefficient (Wildman–Crippen LogP) is 4.56. The fraction of sp³-hybridized carbons (Fsp3) is 0.158. The second-order valence-corrected chi connectivity index (χ2v) is 5.12. The molecule has 0 saturated heterocycles. The summed E-state index contributed by atoms with van der Waals surface area (Å²) in [5.74, 6) is 0.724. The molecule has 3 rings (SSSR count). The maximum atomic E-state index is 4.67. The molecule has 1 aliphatic rings. The van der Waals surface area contributed by atoms with Crippen molar-refractivity contribution in [1.82, 2.24) is 0 Å². The molecule has 2 nitrogen and oxygen atoms in total. The third-order valence-electron chi connectivity index (χ3n) is 3.71. The van der Waals surface area contributed by atoms with Crippen LogP contribution in [-0.2, 0) is 0 Å². The quantitative estimate of drug-likeness (QED) is 0.579. The maximum absolute atomic E-state index is 4.67. The van der Waals surface area contributed by atoms with E-state index >= 15 is 0 Å². The highest BCUT2D eigenvalue weighted by Gasteiger charge is 2.06. The Morgan fingerprint density at radius 2 is 1.95 bits per heavy atom. The lowest BCUT2D eigenvalue weighted by Gasteiger charge is -2.08. The van der Waals surface area contributed by atoms with Crippen LogP contribution in [0.3, 0.4) is 0 Å². The zero-order chi connectivity index (χ0) is 14.5. The maximum Gasteiger partial charge on any atom is 0.154 e. The summed E-state index contributed by atoms with van der Waals surface area (Å²) in [7, 11) is 0. The van der Waals surface area contributed by atoms with E-state index in [0.29, 0.717) is 6.54 Å². The molecule has 2 heteroatoms. The third-order valence-corrected chi connectivity index (χ3v) is 3.71. The fourth-order valence-electron chi connectivity index (χ4n) is 2.60. The first-order valence-electron chi connectivity index (χ1n) is 7.22. The van der Waals surface area contributed by atoms with Crippen LogP contribution >= 0.6 is 0 Å². The van der Waals surface area contributed by atoms with Crippen LogP contribution < -0.4 is 0 Å². The van der Waals surface area contributed by atoms with Crippen molar-refractivity contribution in [2.45, 2.75) is 12.8 Å². The van der Waals surface area contributed by atoms with Crippen molar-refractivity contribution in [3.63, 3.8) is 0 Å². The van der Waals surface area contributed by atoms with E-state index in [1.165, 1.54) is 16.3 Å². The van der Waals surface area contributed by atoms with Gasteiger partial charge >= 0.3 is 0 Å². The summed E-state index contributed by atoms with van der Waals surface area (Å²) in [6.07, 6.45) is 8.63. The Morgan fingerprint density at radius 3 is 2.76 bits per heavy atom. The minimum absolute atomic E-state index is 0.696. The average Bonchev–Trinajstić information content (AvgIpc) is 2.56. The summed E-state index contributed by atoms with van der Waals surface area (Å²) >= 11 is 0. The second-order valence-electron chi connectivity index (χ2n) is 5.12. The number of amidine groups is 1. The highest BCUT2D eigenvalue weighted by atomic mass is 14.9. The second kappa shape index (κ2) is 6.31. The van der Waals surface area contributed by atoms with Crippen LogP contribution in [0.1, 0.15) is 18.4 Å². The molecule has 0 radical (unpaired) electrons. The molecule has 0 spiro atoms. The van der Waals surface area contributed by atoms with Gasteiger partial charge in [0.2, 0.25) is 0 Å². The van der Waals surface area contributed by atoms with Crippen molar-refractivity contribution in [2.24, 2.45) is 9.98 Å². The molecule has 0 unspecified atom stereocenters. The van der Waals surface area contributed by atoms with Gasteiger partial charge in [-0.2, -0.15) is 0 Å². The lowest BCUT2D eigenvalue weighted by molar-refractivity contribution is 0.915. The van der Waals surface area contributed by atoms with Gasteiger partial charge in [-0.05, 0) is 35.9 Å².